The highest BCUT2D eigenvalue weighted by molar-refractivity contribution is 7.89. The van der Waals surface area contributed by atoms with Gasteiger partial charge in [0.15, 0.2) is 0 Å². The van der Waals surface area contributed by atoms with Gasteiger partial charge in [0.25, 0.3) is 0 Å². The first kappa shape index (κ1) is 15.7. The number of hydrogen-bond acceptors (Lipinski definition) is 5. The molecule has 0 bridgehead atoms. The van der Waals surface area contributed by atoms with Crippen LogP contribution < -0.4 is 11.5 Å². The van der Waals surface area contributed by atoms with Crippen LogP contribution in [0.2, 0.25) is 0 Å². The Hall–Kier alpha value is -1.64. The number of sulfonamides is 1. The summed E-state index contributed by atoms with van der Waals surface area (Å²) >= 11 is 0. The van der Waals surface area contributed by atoms with Crippen LogP contribution in [-0.2, 0) is 14.8 Å². The summed E-state index contributed by atoms with van der Waals surface area (Å²) in [6, 6.07) is 3.68. The minimum Gasteiger partial charge on any atom is -0.398 e. The summed E-state index contributed by atoms with van der Waals surface area (Å²) < 4.78 is 32.2. The first-order valence-electron chi connectivity index (χ1n) is 6.56. The van der Waals surface area contributed by atoms with E-state index in [2.05, 4.69) is 0 Å². The monoisotopic (exact) mass is 313 g/mol. The fourth-order valence-electron chi connectivity index (χ4n) is 2.27. The molecule has 0 radical (unpaired) electrons. The van der Waals surface area contributed by atoms with Gasteiger partial charge in [0, 0.05) is 18.2 Å². The van der Waals surface area contributed by atoms with Crippen molar-refractivity contribution >= 4 is 21.6 Å². The van der Waals surface area contributed by atoms with Gasteiger partial charge < -0.3 is 16.2 Å². The maximum atomic E-state index is 12.7. The van der Waals surface area contributed by atoms with Crippen molar-refractivity contribution in [2.75, 3.05) is 18.9 Å². The number of morpholine rings is 1. The molecule has 2 rings (SSSR count). The maximum absolute atomic E-state index is 12.7. The molecule has 0 saturated carbocycles. The van der Waals surface area contributed by atoms with Gasteiger partial charge in [0.2, 0.25) is 15.9 Å². The number of hydrogen-bond donors (Lipinski definition) is 2. The zero-order chi connectivity index (χ0) is 15.8. The second-order valence-electron chi connectivity index (χ2n) is 5.18. The Balaban J connectivity index is 2.41. The average molecular weight is 313 g/mol. The van der Waals surface area contributed by atoms with Gasteiger partial charge >= 0.3 is 0 Å². The van der Waals surface area contributed by atoms with Crippen LogP contribution in [0.25, 0.3) is 0 Å². The Bertz CT molecular complexity index is 659. The van der Waals surface area contributed by atoms with Gasteiger partial charge in [0.05, 0.1) is 18.4 Å². The van der Waals surface area contributed by atoms with E-state index in [9.17, 15) is 13.2 Å². The quantitative estimate of drug-likeness (QED) is 0.771. The third-order valence-electron chi connectivity index (χ3n) is 3.43. The van der Waals surface area contributed by atoms with E-state index in [0.717, 1.165) is 0 Å². The molecular weight excluding hydrogens is 294 g/mol. The molecule has 1 amide bonds. The van der Waals surface area contributed by atoms with Crippen LogP contribution in [0.1, 0.15) is 24.2 Å². The standard InChI is InChI=1S/C13H19N3O4S/c1-8-7-20-9(2)6-16(8)21(18,19)12-4-3-10(13(15)17)5-11(12)14/h3-5,8-9H,6-7,14H2,1-2H3,(H2,15,17). The molecule has 1 aliphatic rings. The number of carbonyl (C=O) groups is 1. The van der Waals surface area contributed by atoms with Gasteiger partial charge in [-0.15, -0.1) is 0 Å². The molecule has 1 aromatic carbocycles. The summed E-state index contributed by atoms with van der Waals surface area (Å²) in [5.74, 6) is -0.654. The fraction of sp³-hybridized carbons (Fsp3) is 0.462. The number of amides is 1. The molecule has 1 heterocycles. The molecule has 8 heteroatoms. The van der Waals surface area contributed by atoms with E-state index in [-0.39, 0.29) is 34.8 Å². The maximum Gasteiger partial charge on any atom is 0.248 e. The normalized spacial score (nSPS) is 23.9. The lowest BCUT2D eigenvalue weighted by molar-refractivity contribution is -0.0170. The summed E-state index contributed by atoms with van der Waals surface area (Å²) in [5, 5.41) is 0. The first-order chi connectivity index (χ1) is 9.73. The van der Waals surface area contributed by atoms with Gasteiger partial charge in [-0.25, -0.2) is 8.42 Å². The summed E-state index contributed by atoms with van der Waals surface area (Å²) in [6.45, 7) is 4.19. The van der Waals surface area contributed by atoms with Crippen molar-refractivity contribution in [2.24, 2.45) is 5.73 Å². The van der Waals surface area contributed by atoms with Crippen molar-refractivity contribution in [3.8, 4) is 0 Å². The number of nitrogens with zero attached hydrogens (tertiary/aromatic N) is 1. The number of rotatable bonds is 3. The van der Waals surface area contributed by atoms with Gasteiger partial charge in [-0.3, -0.25) is 4.79 Å². The van der Waals surface area contributed by atoms with Gasteiger partial charge in [-0.1, -0.05) is 0 Å². The first-order valence-corrected chi connectivity index (χ1v) is 8.00. The van der Waals surface area contributed by atoms with Crippen molar-refractivity contribution in [1.82, 2.24) is 4.31 Å². The van der Waals surface area contributed by atoms with E-state index in [1.807, 2.05) is 6.92 Å². The number of primary amides is 1. The molecule has 116 valence electrons. The fourth-order valence-corrected chi connectivity index (χ4v) is 4.06. The minimum absolute atomic E-state index is 0.0117. The van der Waals surface area contributed by atoms with E-state index in [4.69, 9.17) is 16.2 Å². The number of nitrogen functional groups attached to an aromatic ring is 1. The minimum atomic E-state index is -3.74. The van der Waals surface area contributed by atoms with E-state index in [1.165, 1.54) is 22.5 Å². The van der Waals surface area contributed by atoms with Crippen LogP contribution in [0.3, 0.4) is 0 Å². The van der Waals surface area contributed by atoms with Crippen LogP contribution >= 0.6 is 0 Å². The van der Waals surface area contributed by atoms with E-state index in [0.29, 0.717) is 6.61 Å². The molecule has 0 aromatic heterocycles. The highest BCUT2D eigenvalue weighted by atomic mass is 32.2. The lowest BCUT2D eigenvalue weighted by Crippen LogP contribution is -2.50. The summed E-state index contributed by atoms with van der Waals surface area (Å²) in [5.41, 5.74) is 11.1. The Morgan fingerprint density at radius 2 is 2.05 bits per heavy atom. The number of ether oxygens (including phenoxy) is 1. The van der Waals surface area contributed by atoms with Gasteiger partial charge in [-0.2, -0.15) is 4.31 Å². The molecule has 7 nitrogen and oxygen atoms in total. The zero-order valence-electron chi connectivity index (χ0n) is 11.9. The van der Waals surface area contributed by atoms with Crippen LogP contribution in [0.4, 0.5) is 5.69 Å². The molecule has 0 spiro atoms. The molecule has 1 saturated heterocycles. The van der Waals surface area contributed by atoms with Gasteiger partial charge in [0.1, 0.15) is 4.90 Å². The van der Waals surface area contributed by atoms with E-state index >= 15 is 0 Å². The summed E-state index contributed by atoms with van der Waals surface area (Å²) in [4.78, 5) is 11.1. The van der Waals surface area contributed by atoms with Crippen molar-refractivity contribution < 1.29 is 17.9 Å². The molecule has 2 unspecified atom stereocenters. The van der Waals surface area contributed by atoms with Crippen LogP contribution in [-0.4, -0.2) is 43.9 Å². The second kappa shape index (κ2) is 5.63. The van der Waals surface area contributed by atoms with Crippen LogP contribution in [0.15, 0.2) is 23.1 Å². The molecule has 21 heavy (non-hydrogen) atoms. The topological polar surface area (TPSA) is 116 Å². The van der Waals surface area contributed by atoms with Crippen molar-refractivity contribution in [3.05, 3.63) is 23.8 Å². The smallest absolute Gasteiger partial charge is 0.248 e. The van der Waals surface area contributed by atoms with Crippen LogP contribution in [0.5, 0.6) is 0 Å². The Morgan fingerprint density at radius 3 is 2.62 bits per heavy atom. The van der Waals surface area contributed by atoms with E-state index in [1.54, 1.807) is 6.92 Å². The Labute approximate surface area is 123 Å². The lowest BCUT2D eigenvalue weighted by atomic mass is 10.2. The molecule has 2 atom stereocenters. The van der Waals surface area contributed by atoms with Crippen molar-refractivity contribution in [2.45, 2.75) is 30.9 Å². The summed E-state index contributed by atoms with van der Waals surface area (Å²) in [6.07, 6.45) is -0.179. The molecule has 0 aliphatic carbocycles. The third-order valence-corrected chi connectivity index (χ3v) is 5.49. The molecule has 4 N–H and O–H groups in total. The summed E-state index contributed by atoms with van der Waals surface area (Å²) in [7, 11) is -3.74. The number of benzene rings is 1. The number of carbonyl (C=O) groups excluding carboxylic acids is 1. The molecule has 1 fully saturated rings. The van der Waals surface area contributed by atoms with Crippen LogP contribution in [0, 0.1) is 0 Å². The molecule has 1 aliphatic heterocycles. The lowest BCUT2D eigenvalue weighted by Gasteiger charge is -2.35. The van der Waals surface area contributed by atoms with Gasteiger partial charge in [-0.05, 0) is 32.0 Å². The second-order valence-corrected chi connectivity index (χ2v) is 7.04. The Kier molecular flexibility index (Phi) is 4.22. The third kappa shape index (κ3) is 3.02. The van der Waals surface area contributed by atoms with Crippen molar-refractivity contribution in [3.63, 3.8) is 0 Å². The van der Waals surface area contributed by atoms with Crippen molar-refractivity contribution in [1.29, 1.82) is 0 Å². The number of nitrogens with two attached hydrogens (primary N) is 2. The zero-order valence-corrected chi connectivity index (χ0v) is 12.8. The molecule has 1 aromatic rings. The highest BCUT2D eigenvalue weighted by Crippen LogP contribution is 2.27. The predicted molar refractivity (Wildman–Crippen MR) is 78.1 cm³/mol. The highest BCUT2D eigenvalue weighted by Gasteiger charge is 2.35. The Morgan fingerprint density at radius 1 is 1.38 bits per heavy atom. The SMILES string of the molecule is CC1CN(S(=O)(=O)c2ccc(C(N)=O)cc2N)C(C)CO1. The largest absolute Gasteiger partial charge is 0.398 e. The predicted octanol–water partition coefficient (Wildman–Crippen LogP) is 0.166. The average Bonchev–Trinajstić information content (AvgIpc) is 2.40. The van der Waals surface area contributed by atoms with E-state index < -0.39 is 15.9 Å². The molecular formula is C13H19N3O4S. The number of anilines is 1.